The first-order chi connectivity index (χ1) is 15.2. The van der Waals surface area contributed by atoms with Crippen molar-refractivity contribution in [1.82, 2.24) is 10.9 Å². The van der Waals surface area contributed by atoms with E-state index >= 15 is 0 Å². The maximum atomic E-state index is 12.6. The minimum atomic E-state index is -3.90. The molecule has 0 atom stereocenters. The van der Waals surface area contributed by atoms with E-state index in [0.29, 0.717) is 0 Å². The molecule has 1 aromatic heterocycles. The number of nitro benzene ring substituents is 1. The summed E-state index contributed by atoms with van der Waals surface area (Å²) >= 11 is 1.01. The number of sulfonamides is 1. The molecule has 0 unspecified atom stereocenters. The van der Waals surface area contributed by atoms with Gasteiger partial charge in [0.25, 0.3) is 27.5 Å². The van der Waals surface area contributed by atoms with Crippen molar-refractivity contribution in [3.63, 3.8) is 0 Å². The van der Waals surface area contributed by atoms with E-state index in [0.717, 1.165) is 17.4 Å². The third kappa shape index (κ3) is 5.01. The number of amides is 2. The normalized spacial score (nSPS) is 10.8. The molecule has 3 aromatic rings. The molecular weight excluding hydrogens is 460 g/mol. The van der Waals surface area contributed by atoms with Crippen LogP contribution in [0.3, 0.4) is 0 Å². The Bertz CT molecular complexity index is 1270. The molecule has 0 aliphatic carbocycles. The van der Waals surface area contributed by atoms with Gasteiger partial charge in [0.1, 0.15) is 9.96 Å². The van der Waals surface area contributed by atoms with Gasteiger partial charge in [-0.2, -0.15) is 0 Å². The van der Waals surface area contributed by atoms with E-state index in [-0.39, 0.29) is 32.5 Å². The van der Waals surface area contributed by atoms with Crippen LogP contribution in [0.2, 0.25) is 0 Å². The third-order valence-corrected chi connectivity index (χ3v) is 6.87. The second-order valence-electron chi connectivity index (χ2n) is 6.13. The average Bonchev–Trinajstić information content (AvgIpc) is 3.33. The van der Waals surface area contributed by atoms with Crippen molar-refractivity contribution in [1.29, 1.82) is 0 Å². The van der Waals surface area contributed by atoms with E-state index in [1.807, 2.05) is 0 Å². The van der Waals surface area contributed by atoms with Gasteiger partial charge in [0.15, 0.2) is 0 Å². The fourth-order valence-electron chi connectivity index (χ4n) is 2.62. The highest BCUT2D eigenvalue weighted by Gasteiger charge is 2.21. The molecule has 11 nitrogen and oxygen atoms in total. The first kappa shape index (κ1) is 22.7. The Labute approximate surface area is 186 Å². The van der Waals surface area contributed by atoms with Gasteiger partial charge in [-0.25, -0.2) is 8.42 Å². The quantitative estimate of drug-likeness (QED) is 0.349. The van der Waals surface area contributed by atoms with Gasteiger partial charge in [-0.15, -0.1) is 11.3 Å². The lowest BCUT2D eigenvalue weighted by Gasteiger charge is -2.13. The lowest BCUT2D eigenvalue weighted by Crippen LogP contribution is -2.42. The molecule has 1 heterocycles. The molecule has 32 heavy (non-hydrogen) atoms. The van der Waals surface area contributed by atoms with Crippen LogP contribution in [0.25, 0.3) is 0 Å². The largest absolute Gasteiger partial charge is 0.496 e. The number of methoxy groups -OCH3 is 1. The number of hydrogen-bond donors (Lipinski definition) is 3. The van der Waals surface area contributed by atoms with Crippen molar-refractivity contribution in [2.45, 2.75) is 4.21 Å². The summed E-state index contributed by atoms with van der Waals surface area (Å²) in [5.41, 5.74) is 3.74. The number of nitrogens with zero attached hydrogens (tertiary/aromatic N) is 1. The van der Waals surface area contributed by atoms with Gasteiger partial charge in [-0.1, -0.05) is 18.2 Å². The summed E-state index contributed by atoms with van der Waals surface area (Å²) in [4.78, 5) is 35.4. The standard InChI is InChI=1S/C19H16N4O7S2/c1-30-16-9-8-12(23(26)27)11-14(16)19(25)21-20-18(24)13-5-2-3-6-15(13)22-32(28,29)17-7-4-10-31-17/h2-11,22H,1H3,(H,20,24)(H,21,25). The zero-order valence-corrected chi connectivity index (χ0v) is 18.0. The van der Waals surface area contributed by atoms with E-state index in [9.17, 15) is 28.1 Å². The van der Waals surface area contributed by atoms with Crippen LogP contribution in [0.5, 0.6) is 5.75 Å². The zero-order chi connectivity index (χ0) is 23.3. The maximum Gasteiger partial charge on any atom is 0.273 e. The third-order valence-electron chi connectivity index (χ3n) is 4.10. The second-order valence-corrected chi connectivity index (χ2v) is 8.99. The van der Waals surface area contributed by atoms with Crippen molar-refractivity contribution in [2.24, 2.45) is 0 Å². The zero-order valence-electron chi connectivity index (χ0n) is 16.4. The maximum absolute atomic E-state index is 12.6. The van der Waals surface area contributed by atoms with Crippen LogP contribution in [0.15, 0.2) is 64.2 Å². The number of hydrogen-bond acceptors (Lipinski definition) is 8. The Morgan fingerprint density at radius 1 is 1.00 bits per heavy atom. The Morgan fingerprint density at radius 2 is 1.69 bits per heavy atom. The van der Waals surface area contributed by atoms with Gasteiger partial charge in [-0.05, 0) is 29.6 Å². The molecule has 0 aliphatic heterocycles. The predicted molar refractivity (Wildman–Crippen MR) is 116 cm³/mol. The molecule has 3 rings (SSSR count). The number of para-hydroxylation sites is 1. The SMILES string of the molecule is COc1ccc([N+](=O)[O-])cc1C(=O)NNC(=O)c1ccccc1NS(=O)(=O)c1cccs1. The number of carbonyl (C=O) groups excluding carboxylic acids is 2. The van der Waals surface area contributed by atoms with Gasteiger partial charge in [0.05, 0.1) is 28.8 Å². The van der Waals surface area contributed by atoms with Crippen molar-refractivity contribution in [2.75, 3.05) is 11.8 Å². The summed E-state index contributed by atoms with van der Waals surface area (Å²) in [6.45, 7) is 0. The summed E-state index contributed by atoms with van der Waals surface area (Å²) in [6, 6.07) is 12.2. The molecule has 0 spiro atoms. The molecule has 2 aromatic carbocycles. The number of ether oxygens (including phenoxy) is 1. The highest BCUT2D eigenvalue weighted by molar-refractivity contribution is 7.94. The number of carbonyl (C=O) groups is 2. The predicted octanol–water partition coefficient (Wildman–Crippen LogP) is 2.54. The summed E-state index contributed by atoms with van der Waals surface area (Å²) < 4.78 is 32.4. The van der Waals surface area contributed by atoms with Gasteiger partial charge in [-0.3, -0.25) is 35.3 Å². The van der Waals surface area contributed by atoms with Crippen LogP contribution in [0, 0.1) is 10.1 Å². The van der Waals surface area contributed by atoms with Crippen molar-refractivity contribution >= 4 is 44.5 Å². The molecule has 0 fully saturated rings. The summed E-state index contributed by atoms with van der Waals surface area (Å²) in [5, 5.41) is 12.6. The molecule has 2 amide bonds. The number of thiophene rings is 1. The first-order valence-corrected chi connectivity index (χ1v) is 11.2. The van der Waals surface area contributed by atoms with E-state index < -0.39 is 26.8 Å². The van der Waals surface area contributed by atoms with Gasteiger partial charge in [0, 0.05) is 12.1 Å². The highest BCUT2D eigenvalue weighted by atomic mass is 32.2. The number of rotatable bonds is 7. The van der Waals surface area contributed by atoms with Crippen LogP contribution >= 0.6 is 11.3 Å². The lowest BCUT2D eigenvalue weighted by molar-refractivity contribution is -0.384. The topological polar surface area (TPSA) is 157 Å². The Kier molecular flexibility index (Phi) is 6.70. The highest BCUT2D eigenvalue weighted by Crippen LogP contribution is 2.24. The summed E-state index contributed by atoms with van der Waals surface area (Å²) in [5.74, 6) is -1.62. The van der Waals surface area contributed by atoms with E-state index in [1.165, 1.54) is 49.6 Å². The van der Waals surface area contributed by atoms with Gasteiger partial charge < -0.3 is 4.74 Å². The Hall–Kier alpha value is -3.97. The molecule has 0 radical (unpaired) electrons. The smallest absolute Gasteiger partial charge is 0.273 e. The molecule has 0 saturated carbocycles. The second kappa shape index (κ2) is 9.45. The van der Waals surface area contributed by atoms with Crippen molar-refractivity contribution in [3.05, 3.63) is 81.2 Å². The fraction of sp³-hybridized carbons (Fsp3) is 0.0526. The van der Waals surface area contributed by atoms with Crippen molar-refractivity contribution < 1.29 is 27.7 Å². The van der Waals surface area contributed by atoms with Crippen LogP contribution in [0.1, 0.15) is 20.7 Å². The molecule has 0 saturated heterocycles. The van der Waals surface area contributed by atoms with Crippen molar-refractivity contribution in [3.8, 4) is 5.75 Å². The number of nitrogens with one attached hydrogen (secondary N) is 3. The molecule has 0 aliphatic rings. The minimum Gasteiger partial charge on any atom is -0.496 e. The average molecular weight is 476 g/mol. The first-order valence-electron chi connectivity index (χ1n) is 8.81. The van der Waals surface area contributed by atoms with E-state index in [4.69, 9.17) is 4.74 Å². The molecule has 13 heteroatoms. The Morgan fingerprint density at radius 3 is 2.31 bits per heavy atom. The molecular formula is C19H16N4O7S2. The number of nitro groups is 1. The van der Waals surface area contributed by atoms with Gasteiger partial charge >= 0.3 is 0 Å². The lowest BCUT2D eigenvalue weighted by atomic mass is 10.1. The number of anilines is 1. The Balaban J connectivity index is 1.77. The summed E-state index contributed by atoms with van der Waals surface area (Å²) in [6.07, 6.45) is 0. The van der Waals surface area contributed by atoms with E-state index in [1.54, 1.807) is 11.4 Å². The van der Waals surface area contributed by atoms with E-state index in [2.05, 4.69) is 15.6 Å². The number of hydrazine groups is 1. The minimum absolute atomic E-state index is 0.000536. The van der Waals surface area contributed by atoms with Crippen LogP contribution in [-0.2, 0) is 10.0 Å². The molecule has 166 valence electrons. The fourth-order valence-corrected chi connectivity index (χ4v) is 4.69. The van der Waals surface area contributed by atoms with Gasteiger partial charge in [0.2, 0.25) is 0 Å². The number of benzene rings is 2. The monoisotopic (exact) mass is 476 g/mol. The molecule has 0 bridgehead atoms. The van der Waals surface area contributed by atoms with Crippen LogP contribution in [0.4, 0.5) is 11.4 Å². The van der Waals surface area contributed by atoms with Crippen LogP contribution in [-0.4, -0.2) is 32.3 Å². The number of non-ortho nitro benzene ring substituents is 1. The summed E-state index contributed by atoms with van der Waals surface area (Å²) in [7, 11) is -2.62. The molecule has 3 N–H and O–H groups in total. The van der Waals surface area contributed by atoms with Crippen LogP contribution < -0.4 is 20.3 Å².